The van der Waals surface area contributed by atoms with Gasteiger partial charge in [-0.2, -0.15) is 4.98 Å². The molecule has 6 heteroatoms. The number of aromatic nitrogens is 1. The molecule has 2 heterocycles. The summed E-state index contributed by atoms with van der Waals surface area (Å²) in [7, 11) is 0. The van der Waals surface area contributed by atoms with E-state index in [1.165, 1.54) is 25.3 Å². The zero-order chi connectivity index (χ0) is 19.1. The highest BCUT2D eigenvalue weighted by Gasteiger charge is 2.50. The molecule has 1 aliphatic heterocycles. The lowest BCUT2D eigenvalue weighted by Gasteiger charge is -2.53. The number of amides is 1. The van der Waals surface area contributed by atoms with E-state index in [-0.39, 0.29) is 23.7 Å². The van der Waals surface area contributed by atoms with E-state index in [1.807, 2.05) is 0 Å². The quantitative estimate of drug-likeness (QED) is 0.828. The van der Waals surface area contributed by atoms with E-state index in [0.29, 0.717) is 29.1 Å². The molecular weight excluding hydrogens is 357 g/mol. The molecule has 1 unspecified atom stereocenters. The summed E-state index contributed by atoms with van der Waals surface area (Å²) in [4.78, 5) is 19.0. The number of carbonyl (C=O) groups is 1. The molecule has 2 saturated carbocycles. The summed E-state index contributed by atoms with van der Waals surface area (Å²) in [5.41, 5.74) is 1.32. The van der Waals surface area contributed by atoms with E-state index in [9.17, 15) is 9.18 Å². The van der Waals surface area contributed by atoms with Crippen LogP contribution in [0.25, 0.3) is 11.1 Å². The third kappa shape index (κ3) is 3.16. The predicted molar refractivity (Wildman–Crippen MR) is 106 cm³/mol. The average molecular weight is 385 g/mol. The lowest BCUT2D eigenvalue weighted by atomic mass is 9.51. The lowest BCUT2D eigenvalue weighted by Crippen LogP contribution is -2.49. The Hall–Kier alpha value is -2.11. The van der Waals surface area contributed by atoms with Crippen LogP contribution in [-0.4, -0.2) is 30.0 Å². The third-order valence-electron chi connectivity index (χ3n) is 7.15. The first-order valence-corrected chi connectivity index (χ1v) is 10.7. The third-order valence-corrected chi connectivity index (χ3v) is 7.15. The van der Waals surface area contributed by atoms with Gasteiger partial charge < -0.3 is 14.6 Å². The minimum atomic E-state index is -0.349. The van der Waals surface area contributed by atoms with Crippen LogP contribution in [0.3, 0.4) is 0 Å². The number of anilines is 1. The smallest absolute Gasteiger partial charge is 0.298 e. The molecule has 3 fully saturated rings. The Morgan fingerprint density at radius 2 is 2.14 bits per heavy atom. The van der Waals surface area contributed by atoms with Crippen molar-refractivity contribution in [1.29, 1.82) is 0 Å². The summed E-state index contributed by atoms with van der Waals surface area (Å²) in [5.74, 6) is 0.102. The molecule has 2 aliphatic carbocycles. The van der Waals surface area contributed by atoms with Gasteiger partial charge in [0.15, 0.2) is 11.4 Å². The maximum absolute atomic E-state index is 14.0. The van der Waals surface area contributed by atoms with E-state index in [2.05, 4.69) is 15.2 Å². The second-order valence-electron chi connectivity index (χ2n) is 8.96. The van der Waals surface area contributed by atoms with Crippen molar-refractivity contribution in [2.24, 2.45) is 11.3 Å². The molecule has 5 nitrogen and oxygen atoms in total. The summed E-state index contributed by atoms with van der Waals surface area (Å²) >= 11 is 0. The van der Waals surface area contributed by atoms with Crippen molar-refractivity contribution in [2.75, 3.05) is 18.0 Å². The van der Waals surface area contributed by atoms with Gasteiger partial charge >= 0.3 is 0 Å². The Balaban J connectivity index is 1.18. The molecular formula is C22H28FN3O2. The van der Waals surface area contributed by atoms with Gasteiger partial charge in [-0.25, -0.2) is 4.39 Å². The van der Waals surface area contributed by atoms with Crippen LogP contribution in [0.2, 0.25) is 0 Å². The van der Waals surface area contributed by atoms with E-state index < -0.39 is 0 Å². The number of oxazole rings is 1. The average Bonchev–Trinajstić information content (AvgIpc) is 3.05. The van der Waals surface area contributed by atoms with Crippen LogP contribution >= 0.6 is 0 Å². The number of fused-ring (bicyclic) bond motifs is 1. The van der Waals surface area contributed by atoms with Crippen LogP contribution in [0.1, 0.15) is 57.8 Å². The SMILES string of the molecule is O=C(NCCC1CCCCN1c1nc2c(F)cccc2o1)C1CC2(CCC2)C1. The molecule has 1 spiro atoms. The standard InChI is InChI=1S/C22H28FN3O2/c23-17-6-3-7-18-19(17)25-21(28-18)26-12-2-1-5-16(26)8-11-24-20(27)15-13-22(14-15)9-4-10-22/h3,6-7,15-16H,1-2,4-5,8-14H2,(H,24,27). The molecule has 1 atom stereocenters. The minimum Gasteiger partial charge on any atom is -0.423 e. The molecule has 1 amide bonds. The van der Waals surface area contributed by atoms with Crippen molar-refractivity contribution in [2.45, 2.75) is 63.8 Å². The highest BCUT2D eigenvalue weighted by Crippen LogP contribution is 2.58. The van der Waals surface area contributed by atoms with Crippen molar-refractivity contribution in [3.8, 4) is 0 Å². The van der Waals surface area contributed by atoms with Crippen molar-refractivity contribution < 1.29 is 13.6 Å². The van der Waals surface area contributed by atoms with E-state index >= 15 is 0 Å². The molecule has 1 saturated heterocycles. The first-order valence-electron chi connectivity index (χ1n) is 10.7. The van der Waals surface area contributed by atoms with Gasteiger partial charge in [0.1, 0.15) is 5.52 Å². The molecule has 1 N–H and O–H groups in total. The van der Waals surface area contributed by atoms with Crippen LogP contribution < -0.4 is 10.2 Å². The largest absolute Gasteiger partial charge is 0.423 e. The normalized spacial score (nSPS) is 24.2. The molecule has 0 bridgehead atoms. The molecule has 5 rings (SSSR count). The summed E-state index contributed by atoms with van der Waals surface area (Å²) in [6, 6.07) is 5.57. The molecule has 28 heavy (non-hydrogen) atoms. The van der Waals surface area contributed by atoms with Gasteiger partial charge in [-0.05, 0) is 68.9 Å². The van der Waals surface area contributed by atoms with Crippen LogP contribution in [0.4, 0.5) is 10.4 Å². The van der Waals surface area contributed by atoms with Crippen molar-refractivity contribution in [3.05, 3.63) is 24.0 Å². The summed E-state index contributed by atoms with van der Waals surface area (Å²) < 4.78 is 19.8. The first-order chi connectivity index (χ1) is 13.6. The number of para-hydroxylation sites is 1. The van der Waals surface area contributed by atoms with Gasteiger partial charge in [0.05, 0.1) is 0 Å². The van der Waals surface area contributed by atoms with Crippen LogP contribution in [0.15, 0.2) is 22.6 Å². The van der Waals surface area contributed by atoms with Crippen LogP contribution in [0.5, 0.6) is 0 Å². The number of halogens is 1. The number of hydrogen-bond acceptors (Lipinski definition) is 4. The van der Waals surface area contributed by atoms with E-state index in [1.54, 1.807) is 12.1 Å². The second kappa shape index (κ2) is 7.05. The lowest BCUT2D eigenvalue weighted by molar-refractivity contribution is -0.136. The first kappa shape index (κ1) is 18.0. The maximum Gasteiger partial charge on any atom is 0.298 e. The maximum atomic E-state index is 14.0. The number of carbonyl (C=O) groups excluding carboxylic acids is 1. The van der Waals surface area contributed by atoms with Crippen molar-refractivity contribution >= 4 is 23.0 Å². The predicted octanol–water partition coefficient (Wildman–Crippen LogP) is 4.41. The van der Waals surface area contributed by atoms with Crippen molar-refractivity contribution in [3.63, 3.8) is 0 Å². The van der Waals surface area contributed by atoms with Gasteiger partial charge in [-0.1, -0.05) is 12.5 Å². The Labute approximate surface area is 164 Å². The summed E-state index contributed by atoms with van der Waals surface area (Å²) in [6.07, 6.45) is 10.3. The number of hydrogen-bond donors (Lipinski definition) is 1. The fourth-order valence-corrected chi connectivity index (χ4v) is 5.34. The zero-order valence-electron chi connectivity index (χ0n) is 16.3. The van der Waals surface area contributed by atoms with Gasteiger partial charge in [0.25, 0.3) is 6.01 Å². The minimum absolute atomic E-state index is 0.225. The zero-order valence-corrected chi connectivity index (χ0v) is 16.3. The Morgan fingerprint density at radius 3 is 2.89 bits per heavy atom. The Bertz CT molecular complexity index is 868. The number of benzene rings is 1. The van der Waals surface area contributed by atoms with Gasteiger partial charge in [-0.15, -0.1) is 0 Å². The van der Waals surface area contributed by atoms with Gasteiger partial charge in [-0.3, -0.25) is 4.79 Å². The second-order valence-corrected chi connectivity index (χ2v) is 8.96. The number of rotatable bonds is 5. The molecule has 150 valence electrons. The topological polar surface area (TPSA) is 58.4 Å². The fourth-order valence-electron chi connectivity index (χ4n) is 5.34. The van der Waals surface area contributed by atoms with Gasteiger partial charge in [0.2, 0.25) is 5.91 Å². The highest BCUT2D eigenvalue weighted by atomic mass is 19.1. The fraction of sp³-hybridized carbons (Fsp3) is 0.636. The van der Waals surface area contributed by atoms with Crippen LogP contribution in [0, 0.1) is 17.2 Å². The summed E-state index contributed by atoms with van der Waals surface area (Å²) in [5, 5.41) is 3.15. The number of piperidine rings is 1. The van der Waals surface area contributed by atoms with E-state index in [0.717, 1.165) is 45.1 Å². The molecule has 1 aromatic heterocycles. The Kier molecular flexibility index (Phi) is 4.52. The molecule has 2 aromatic rings. The number of nitrogens with one attached hydrogen (secondary N) is 1. The van der Waals surface area contributed by atoms with Crippen molar-refractivity contribution in [1.82, 2.24) is 10.3 Å². The molecule has 0 radical (unpaired) electrons. The summed E-state index contributed by atoms with van der Waals surface area (Å²) in [6.45, 7) is 1.54. The molecule has 1 aromatic carbocycles. The highest BCUT2D eigenvalue weighted by molar-refractivity contribution is 5.79. The van der Waals surface area contributed by atoms with E-state index in [4.69, 9.17) is 4.42 Å². The monoisotopic (exact) mass is 385 g/mol. The molecule has 3 aliphatic rings. The van der Waals surface area contributed by atoms with Gasteiger partial charge in [0, 0.05) is 25.0 Å². The number of nitrogens with zero attached hydrogens (tertiary/aromatic N) is 2. The van der Waals surface area contributed by atoms with Crippen LogP contribution in [-0.2, 0) is 4.79 Å². The Morgan fingerprint density at radius 1 is 1.29 bits per heavy atom.